The number of fused-ring (bicyclic) bond motifs is 1. The Morgan fingerprint density at radius 2 is 2.30 bits per heavy atom. The molecule has 3 heterocycles. The molecule has 0 aliphatic carbocycles. The summed E-state index contributed by atoms with van der Waals surface area (Å²) in [5.41, 5.74) is -0.134. The number of nitrogens with one attached hydrogen (secondary N) is 1. The third kappa shape index (κ3) is 2.81. The van der Waals surface area contributed by atoms with E-state index in [9.17, 15) is 19.5 Å². The SMILES string of the molecule is COC1=C(C(=O)O)N2C(=O)[C@@H](NC(=O)Cc3cccs3)[C@H]2SC1. The van der Waals surface area contributed by atoms with Crippen molar-refractivity contribution in [1.29, 1.82) is 0 Å². The summed E-state index contributed by atoms with van der Waals surface area (Å²) in [6.07, 6.45) is 0.212. The number of rotatable bonds is 5. The summed E-state index contributed by atoms with van der Waals surface area (Å²) in [6, 6.07) is 3.02. The maximum absolute atomic E-state index is 12.3. The van der Waals surface area contributed by atoms with Gasteiger partial charge in [0.1, 0.15) is 17.2 Å². The molecule has 7 nitrogen and oxygen atoms in total. The molecule has 3 rings (SSSR count). The molecule has 2 N–H and O–H groups in total. The first-order valence-electron chi connectivity index (χ1n) is 6.79. The van der Waals surface area contributed by atoms with Gasteiger partial charge >= 0.3 is 5.97 Å². The van der Waals surface area contributed by atoms with Crippen LogP contribution in [0.4, 0.5) is 0 Å². The molecule has 0 aromatic carbocycles. The molecular formula is C14H14N2O5S2. The molecule has 23 heavy (non-hydrogen) atoms. The number of ether oxygens (including phenoxy) is 1. The summed E-state index contributed by atoms with van der Waals surface area (Å²) in [6.45, 7) is 0. The van der Waals surface area contributed by atoms with E-state index in [2.05, 4.69) is 5.32 Å². The van der Waals surface area contributed by atoms with Crippen molar-refractivity contribution in [3.8, 4) is 0 Å². The molecule has 122 valence electrons. The third-order valence-corrected chi connectivity index (χ3v) is 5.74. The first-order valence-corrected chi connectivity index (χ1v) is 8.72. The number of hydrogen-bond acceptors (Lipinski definition) is 6. The van der Waals surface area contributed by atoms with Gasteiger partial charge in [0.25, 0.3) is 5.91 Å². The minimum Gasteiger partial charge on any atom is -0.498 e. The lowest BCUT2D eigenvalue weighted by Crippen LogP contribution is -2.70. The average Bonchev–Trinajstić information content (AvgIpc) is 3.03. The predicted octanol–water partition coefficient (Wildman–Crippen LogP) is 0.633. The molecule has 2 aliphatic heterocycles. The van der Waals surface area contributed by atoms with Crippen molar-refractivity contribution in [2.24, 2.45) is 0 Å². The highest BCUT2D eigenvalue weighted by atomic mass is 32.2. The molecule has 0 radical (unpaired) electrons. The second kappa shape index (κ2) is 6.25. The van der Waals surface area contributed by atoms with Crippen molar-refractivity contribution in [2.45, 2.75) is 17.8 Å². The second-order valence-corrected chi connectivity index (χ2v) is 7.13. The first-order chi connectivity index (χ1) is 11.0. The Morgan fingerprint density at radius 1 is 1.52 bits per heavy atom. The molecule has 0 unspecified atom stereocenters. The Bertz CT molecular complexity index is 685. The Morgan fingerprint density at radius 3 is 2.91 bits per heavy atom. The van der Waals surface area contributed by atoms with E-state index < -0.39 is 23.3 Å². The molecule has 2 atom stereocenters. The Kier molecular flexibility index (Phi) is 4.31. The van der Waals surface area contributed by atoms with Crippen molar-refractivity contribution in [2.75, 3.05) is 12.9 Å². The number of nitrogens with zero attached hydrogens (tertiary/aromatic N) is 1. The zero-order valence-corrected chi connectivity index (χ0v) is 13.8. The number of thiophene rings is 1. The predicted molar refractivity (Wildman–Crippen MR) is 84.7 cm³/mol. The molecule has 1 aromatic rings. The number of hydrogen-bond donors (Lipinski definition) is 2. The van der Waals surface area contributed by atoms with Gasteiger partial charge in [-0.2, -0.15) is 0 Å². The largest absolute Gasteiger partial charge is 0.498 e. The minimum atomic E-state index is -1.20. The van der Waals surface area contributed by atoms with Gasteiger partial charge in [0.15, 0.2) is 5.70 Å². The molecule has 9 heteroatoms. The minimum absolute atomic E-state index is 0.134. The standard InChI is InChI=1S/C14H14N2O5S2/c1-21-8-6-23-13-10(12(18)16(13)11(8)14(19)20)15-9(17)5-7-3-2-4-22-7/h2-4,10,13H,5-6H2,1H3,(H,15,17)(H,19,20)/t10-,13-/m1/s1. The molecular weight excluding hydrogens is 340 g/mol. The zero-order valence-electron chi connectivity index (χ0n) is 12.1. The fourth-order valence-corrected chi connectivity index (χ4v) is 4.56. The zero-order chi connectivity index (χ0) is 16.6. The van der Waals surface area contributed by atoms with Crippen LogP contribution in [0.1, 0.15) is 4.88 Å². The lowest BCUT2D eigenvalue weighted by atomic mass is 10.0. The van der Waals surface area contributed by atoms with Crippen molar-refractivity contribution >= 4 is 40.9 Å². The van der Waals surface area contributed by atoms with E-state index in [0.717, 1.165) is 4.88 Å². The number of carbonyl (C=O) groups is 3. The van der Waals surface area contributed by atoms with Crippen LogP contribution in [-0.4, -0.2) is 52.1 Å². The van der Waals surface area contributed by atoms with Gasteiger partial charge in [0.05, 0.1) is 19.3 Å². The van der Waals surface area contributed by atoms with Gasteiger partial charge in [-0.05, 0) is 11.4 Å². The lowest BCUT2D eigenvalue weighted by Gasteiger charge is -2.48. The van der Waals surface area contributed by atoms with Crippen molar-refractivity contribution in [3.63, 3.8) is 0 Å². The van der Waals surface area contributed by atoms with E-state index in [1.165, 1.54) is 35.1 Å². The number of carboxylic acids is 1. The maximum Gasteiger partial charge on any atom is 0.356 e. The smallest absolute Gasteiger partial charge is 0.356 e. The number of amides is 2. The number of carboxylic acid groups (broad SMARTS) is 1. The van der Waals surface area contributed by atoms with Crippen molar-refractivity contribution < 1.29 is 24.2 Å². The van der Waals surface area contributed by atoms with E-state index in [0.29, 0.717) is 5.75 Å². The number of β-lactam (4-membered cyclic amide) rings is 1. The Hall–Kier alpha value is -2.00. The number of thioether (sulfide) groups is 1. The van der Waals surface area contributed by atoms with Gasteiger partial charge in [0, 0.05) is 4.88 Å². The Labute approximate surface area is 140 Å². The number of methoxy groups -OCH3 is 1. The molecule has 1 fully saturated rings. The van der Waals surface area contributed by atoms with Crippen molar-refractivity contribution in [3.05, 3.63) is 33.8 Å². The molecule has 2 amide bonds. The van der Waals surface area contributed by atoms with Gasteiger partial charge in [-0.25, -0.2) is 4.79 Å². The van der Waals surface area contributed by atoms with Crippen LogP contribution in [0.2, 0.25) is 0 Å². The third-order valence-electron chi connectivity index (χ3n) is 3.61. The fraction of sp³-hybridized carbons (Fsp3) is 0.357. The average molecular weight is 354 g/mol. The number of carbonyl (C=O) groups excluding carboxylic acids is 2. The normalized spacial score (nSPS) is 23.2. The summed E-state index contributed by atoms with van der Waals surface area (Å²) in [5, 5.41) is 13.5. The van der Waals surface area contributed by atoms with E-state index in [-0.39, 0.29) is 23.8 Å². The van der Waals surface area contributed by atoms with Crippen LogP contribution in [0.15, 0.2) is 29.0 Å². The van der Waals surface area contributed by atoms with Gasteiger partial charge < -0.3 is 15.2 Å². The second-order valence-electron chi connectivity index (χ2n) is 4.99. The van der Waals surface area contributed by atoms with E-state index in [1.54, 1.807) is 0 Å². The highest BCUT2D eigenvalue weighted by molar-refractivity contribution is 8.00. The quantitative estimate of drug-likeness (QED) is 0.753. The molecule has 0 spiro atoms. The number of aliphatic carboxylic acids is 1. The van der Waals surface area contributed by atoms with Crippen LogP contribution in [-0.2, 0) is 25.5 Å². The molecule has 0 bridgehead atoms. The first kappa shape index (κ1) is 15.9. The molecule has 2 aliphatic rings. The summed E-state index contributed by atoms with van der Waals surface area (Å²) < 4.78 is 5.05. The highest BCUT2D eigenvalue weighted by Gasteiger charge is 2.54. The summed E-state index contributed by atoms with van der Waals surface area (Å²) >= 11 is 2.85. The van der Waals surface area contributed by atoms with Crippen LogP contribution in [0.3, 0.4) is 0 Å². The van der Waals surface area contributed by atoms with Gasteiger partial charge in [0.2, 0.25) is 5.91 Å². The molecule has 1 aromatic heterocycles. The van der Waals surface area contributed by atoms with E-state index in [4.69, 9.17) is 4.74 Å². The van der Waals surface area contributed by atoms with Gasteiger partial charge in [-0.1, -0.05) is 6.07 Å². The van der Waals surface area contributed by atoms with Crippen molar-refractivity contribution in [1.82, 2.24) is 10.2 Å². The highest BCUT2D eigenvalue weighted by Crippen LogP contribution is 2.40. The van der Waals surface area contributed by atoms with Crippen LogP contribution in [0, 0.1) is 0 Å². The maximum atomic E-state index is 12.3. The van der Waals surface area contributed by atoms with Gasteiger partial charge in [-0.15, -0.1) is 23.1 Å². The summed E-state index contributed by atoms with van der Waals surface area (Å²) in [7, 11) is 1.38. The van der Waals surface area contributed by atoms with Crippen LogP contribution < -0.4 is 5.32 Å². The molecule has 0 saturated carbocycles. The van der Waals surface area contributed by atoms with E-state index in [1.807, 2.05) is 17.5 Å². The van der Waals surface area contributed by atoms with Crippen LogP contribution >= 0.6 is 23.1 Å². The monoisotopic (exact) mass is 354 g/mol. The van der Waals surface area contributed by atoms with E-state index >= 15 is 0 Å². The van der Waals surface area contributed by atoms with Crippen LogP contribution in [0.5, 0.6) is 0 Å². The van der Waals surface area contributed by atoms with Gasteiger partial charge in [-0.3, -0.25) is 14.5 Å². The molecule has 1 saturated heterocycles. The lowest BCUT2D eigenvalue weighted by molar-refractivity contribution is -0.151. The van der Waals surface area contributed by atoms with Crippen LogP contribution in [0.25, 0.3) is 0 Å². The summed E-state index contributed by atoms with van der Waals surface area (Å²) in [5.74, 6) is -1.26. The summed E-state index contributed by atoms with van der Waals surface area (Å²) in [4.78, 5) is 37.8. The fourth-order valence-electron chi connectivity index (χ4n) is 2.54. The topological polar surface area (TPSA) is 95.9 Å². The Balaban J connectivity index is 1.69.